The van der Waals surface area contributed by atoms with E-state index in [-0.39, 0.29) is 42.5 Å². The van der Waals surface area contributed by atoms with Gasteiger partial charge in [-0.15, -0.1) is 11.3 Å². The average Bonchev–Trinajstić information content (AvgIpc) is 4.06. The minimum Gasteiger partial charge on any atom is -0.497 e. The first kappa shape index (κ1) is 42.4. The first-order valence-electron chi connectivity index (χ1n) is 20.4. The summed E-state index contributed by atoms with van der Waals surface area (Å²) in [5.41, 5.74) is 0.0168. The molecular weight excluding hydrogens is 797 g/mol. The van der Waals surface area contributed by atoms with Crippen LogP contribution in [-0.4, -0.2) is 94.8 Å². The summed E-state index contributed by atoms with van der Waals surface area (Å²) in [5.74, 6) is -1.91. The lowest BCUT2D eigenvalue weighted by Gasteiger charge is -2.33. The molecule has 3 aromatic rings. The molecule has 15 nitrogen and oxygen atoms in total. The largest absolute Gasteiger partial charge is 0.497 e. The minimum absolute atomic E-state index is 0.00829. The van der Waals surface area contributed by atoms with E-state index in [1.807, 2.05) is 36.6 Å². The number of nitrogens with zero attached hydrogens (tertiary/aromatic N) is 3. The maximum Gasteiger partial charge on any atom is 0.405 e. The van der Waals surface area contributed by atoms with E-state index in [9.17, 15) is 32.7 Å². The summed E-state index contributed by atoms with van der Waals surface area (Å²) in [6.07, 6.45) is 6.89. The van der Waals surface area contributed by atoms with Crippen LogP contribution in [0.2, 0.25) is 0 Å². The van der Waals surface area contributed by atoms with Crippen molar-refractivity contribution in [2.45, 2.75) is 120 Å². The van der Waals surface area contributed by atoms with Gasteiger partial charge in [0.2, 0.25) is 27.7 Å². The zero-order chi connectivity index (χ0) is 42.4. The number of allylic oxidation sites excluding steroid dienone is 1. The van der Waals surface area contributed by atoms with Crippen LogP contribution < -0.4 is 24.8 Å². The predicted octanol–water partition coefficient (Wildman–Crippen LogP) is 5.53. The highest BCUT2D eigenvalue weighted by Crippen LogP contribution is 2.46. The van der Waals surface area contributed by atoms with Crippen molar-refractivity contribution in [1.82, 2.24) is 30.2 Å². The van der Waals surface area contributed by atoms with Crippen LogP contribution in [0.4, 0.5) is 4.79 Å². The number of pyridine rings is 1. The predicted molar refractivity (Wildman–Crippen MR) is 223 cm³/mol. The monoisotopic (exact) mass is 850 g/mol. The highest BCUT2D eigenvalue weighted by molar-refractivity contribution is 7.91. The van der Waals surface area contributed by atoms with Crippen molar-refractivity contribution in [2.75, 3.05) is 13.7 Å². The quantitative estimate of drug-likeness (QED) is 0.197. The number of carbonyl (C=O) groups is 4. The third kappa shape index (κ3) is 8.91. The Hall–Kier alpha value is -4.77. The van der Waals surface area contributed by atoms with Crippen LogP contribution in [0.15, 0.2) is 41.9 Å². The number of amides is 4. The number of carboxylic acid groups (broad SMARTS) is 1. The summed E-state index contributed by atoms with van der Waals surface area (Å²) in [4.78, 5) is 66.3. The van der Waals surface area contributed by atoms with Gasteiger partial charge in [0.25, 0.3) is 5.91 Å². The molecule has 59 heavy (non-hydrogen) atoms. The van der Waals surface area contributed by atoms with Gasteiger partial charge in [-0.3, -0.25) is 19.1 Å². The van der Waals surface area contributed by atoms with Crippen LogP contribution in [0.3, 0.4) is 0 Å². The molecule has 4 amide bonds. The maximum atomic E-state index is 14.7. The molecule has 0 unspecified atom stereocenters. The van der Waals surface area contributed by atoms with Gasteiger partial charge >= 0.3 is 6.09 Å². The molecule has 0 spiro atoms. The first-order valence-corrected chi connectivity index (χ1v) is 22.8. The molecule has 4 aliphatic rings. The molecule has 2 saturated carbocycles. The van der Waals surface area contributed by atoms with E-state index in [1.165, 1.54) is 16.2 Å². The number of ether oxygens (including phenoxy) is 2. The van der Waals surface area contributed by atoms with Gasteiger partial charge in [0.05, 0.1) is 24.6 Å². The van der Waals surface area contributed by atoms with Crippen LogP contribution in [0.5, 0.6) is 11.6 Å². The lowest BCUT2D eigenvalue weighted by atomic mass is 9.85. The number of nitrogens with one attached hydrogen (secondary N) is 3. The standard InChI is InChI=1S/C42H54N6O9S2/c1-7-24-16-23(2)10-8-9-11-25-19-42(25,39(51)47-59(54,55)28-13-14-28)46-35(49)32-18-27(21-48(32)38(50)34(24)45-40(52)53)57-36-29-15-12-26(56-6)17-30(29)31(20-43-36)37-44-33(22-58-37)41(3,4)5/h9,11-12,15,17,20,22-25,27-28,32,34,45H,7-8,10,13-14,16,18-19,21H2,1-6H3,(H,46,49)(H,47,51)(H,52,53)/b11-9-/t23-,24-,25-,27-,32+,34+,42-/m1/s1. The van der Waals surface area contributed by atoms with Crippen molar-refractivity contribution in [3.63, 3.8) is 0 Å². The molecule has 17 heteroatoms. The van der Waals surface area contributed by atoms with Gasteiger partial charge in [-0.2, -0.15) is 0 Å². The first-order chi connectivity index (χ1) is 27.9. The van der Waals surface area contributed by atoms with Crippen molar-refractivity contribution in [2.24, 2.45) is 17.8 Å². The molecule has 7 rings (SSSR count). The molecule has 7 atom stereocenters. The fourth-order valence-corrected chi connectivity index (χ4v) is 10.8. The number of rotatable bonds is 9. The Morgan fingerprint density at radius 2 is 1.90 bits per heavy atom. The number of carbonyl (C=O) groups excluding carboxylic acids is 3. The molecule has 2 aliphatic heterocycles. The summed E-state index contributed by atoms with van der Waals surface area (Å²) in [6, 6.07) is 3.17. The Labute approximate surface area is 348 Å². The van der Waals surface area contributed by atoms with Crippen LogP contribution in [-0.2, 0) is 29.8 Å². The van der Waals surface area contributed by atoms with Crippen LogP contribution in [0.1, 0.15) is 91.7 Å². The van der Waals surface area contributed by atoms with Crippen LogP contribution in [0.25, 0.3) is 21.3 Å². The fourth-order valence-electron chi connectivity index (χ4n) is 8.34. The summed E-state index contributed by atoms with van der Waals surface area (Å²) >= 11 is 1.51. The second-order valence-corrected chi connectivity index (χ2v) is 20.4. The Morgan fingerprint density at radius 3 is 2.56 bits per heavy atom. The van der Waals surface area contributed by atoms with Crippen LogP contribution in [0, 0.1) is 17.8 Å². The normalized spacial score (nSPS) is 28.3. The molecule has 2 aromatic heterocycles. The molecule has 4 N–H and O–H groups in total. The number of hydrogen-bond acceptors (Lipinski definition) is 11. The van der Waals surface area contributed by atoms with Crippen molar-refractivity contribution in [3.8, 4) is 22.2 Å². The van der Waals surface area contributed by atoms with Gasteiger partial charge in [-0.25, -0.2) is 23.2 Å². The van der Waals surface area contributed by atoms with E-state index in [1.54, 1.807) is 19.4 Å². The van der Waals surface area contributed by atoms with E-state index in [0.29, 0.717) is 43.2 Å². The molecule has 0 bridgehead atoms. The third-order valence-electron chi connectivity index (χ3n) is 12.1. The van der Waals surface area contributed by atoms with Gasteiger partial charge in [-0.05, 0) is 68.6 Å². The lowest BCUT2D eigenvalue weighted by molar-refractivity contribution is -0.142. The highest BCUT2D eigenvalue weighted by Gasteiger charge is 2.62. The van der Waals surface area contributed by atoms with Crippen molar-refractivity contribution >= 4 is 55.9 Å². The van der Waals surface area contributed by atoms with E-state index in [4.69, 9.17) is 19.4 Å². The Kier molecular flexibility index (Phi) is 11.7. The minimum atomic E-state index is -3.93. The molecule has 1 saturated heterocycles. The van der Waals surface area contributed by atoms with E-state index < -0.39 is 68.7 Å². The zero-order valence-electron chi connectivity index (χ0n) is 34.3. The molecule has 0 radical (unpaired) electrons. The SMILES string of the molecule is CC[C@@H]1C[C@H](C)CC/C=C\[C@@H]2C[C@@]2(C(=O)NS(=O)(=O)C2CC2)NC(=O)[C@@H]2C[C@@H](Oc3ncc(-c4nc(C(C)(C)C)cs4)c4cc(OC)ccc34)CN2C(=O)[C@H]1NC(=O)O. The molecule has 318 valence electrons. The summed E-state index contributed by atoms with van der Waals surface area (Å²) in [7, 11) is -2.34. The van der Waals surface area contributed by atoms with E-state index in [0.717, 1.165) is 28.1 Å². The fraction of sp³-hybridized carbons (Fsp3) is 0.571. The van der Waals surface area contributed by atoms with Gasteiger partial charge in [-0.1, -0.05) is 53.2 Å². The zero-order valence-corrected chi connectivity index (χ0v) is 36.0. The lowest BCUT2D eigenvalue weighted by Crippen LogP contribution is -2.59. The number of methoxy groups -OCH3 is 1. The maximum absolute atomic E-state index is 14.7. The molecule has 2 aliphatic carbocycles. The summed E-state index contributed by atoms with van der Waals surface area (Å²) < 4.78 is 40.2. The van der Waals surface area contributed by atoms with Gasteiger partial charge in [0, 0.05) is 45.7 Å². The Bertz CT molecular complexity index is 2270. The number of benzene rings is 1. The number of aromatic nitrogens is 2. The van der Waals surface area contributed by atoms with E-state index in [2.05, 4.69) is 43.1 Å². The Morgan fingerprint density at radius 1 is 1.14 bits per heavy atom. The average molecular weight is 851 g/mol. The van der Waals surface area contributed by atoms with Gasteiger partial charge in [0.1, 0.15) is 34.5 Å². The highest BCUT2D eigenvalue weighted by atomic mass is 32.2. The second-order valence-electron chi connectivity index (χ2n) is 17.5. The smallest absolute Gasteiger partial charge is 0.405 e. The number of sulfonamides is 1. The van der Waals surface area contributed by atoms with E-state index >= 15 is 0 Å². The van der Waals surface area contributed by atoms with Crippen molar-refractivity contribution in [3.05, 3.63) is 47.6 Å². The van der Waals surface area contributed by atoms with Gasteiger partial charge in [0.15, 0.2) is 0 Å². The molecule has 1 aromatic carbocycles. The van der Waals surface area contributed by atoms with Crippen molar-refractivity contribution < 1.29 is 42.2 Å². The van der Waals surface area contributed by atoms with Crippen molar-refractivity contribution in [1.29, 1.82) is 0 Å². The number of thiazole rings is 1. The number of fused-ring (bicyclic) bond motifs is 3. The third-order valence-corrected chi connectivity index (χ3v) is 14.8. The topological polar surface area (TPSA) is 206 Å². The second kappa shape index (κ2) is 16.4. The summed E-state index contributed by atoms with van der Waals surface area (Å²) in [5, 5.41) is 18.9. The van der Waals surface area contributed by atoms with Gasteiger partial charge < -0.3 is 30.1 Å². The Balaban J connectivity index is 1.24. The number of hydrogen-bond donors (Lipinski definition) is 4. The molecular formula is C42H54N6O9S2. The molecule has 4 heterocycles. The van der Waals surface area contributed by atoms with Crippen LogP contribution >= 0.6 is 11.3 Å². The molecule has 3 fully saturated rings. The summed E-state index contributed by atoms with van der Waals surface area (Å²) in [6.45, 7) is 10.2.